The molecular weight excluding hydrogens is 466 g/mol. The van der Waals surface area contributed by atoms with Crippen LogP contribution in [0.4, 0.5) is 0 Å². The number of nitrogens with one attached hydrogen (secondary N) is 1. The molecule has 1 saturated carbocycles. The lowest BCUT2D eigenvalue weighted by Gasteiger charge is -2.25. The van der Waals surface area contributed by atoms with Gasteiger partial charge in [-0.15, -0.1) is 10.2 Å². The Bertz CT molecular complexity index is 1120. The summed E-state index contributed by atoms with van der Waals surface area (Å²) in [6.45, 7) is 4.32. The zero-order valence-electron chi connectivity index (χ0n) is 19.6. The van der Waals surface area contributed by atoms with Gasteiger partial charge in [0, 0.05) is 16.6 Å². The number of thioether (sulfide) groups is 1. The van der Waals surface area contributed by atoms with Crippen LogP contribution in [-0.4, -0.2) is 32.6 Å². The third-order valence-electron chi connectivity index (χ3n) is 6.05. The predicted molar refractivity (Wildman–Crippen MR) is 140 cm³/mol. The summed E-state index contributed by atoms with van der Waals surface area (Å²) in [4.78, 5) is 12.4. The van der Waals surface area contributed by atoms with E-state index in [1.165, 1.54) is 36.6 Å². The van der Waals surface area contributed by atoms with Crippen molar-refractivity contribution in [2.75, 3.05) is 5.75 Å². The van der Waals surface area contributed by atoms with Crippen LogP contribution >= 0.6 is 23.4 Å². The number of nitrogens with zero attached hydrogens (tertiary/aromatic N) is 4. The summed E-state index contributed by atoms with van der Waals surface area (Å²) in [5, 5.41) is 14.5. The van der Waals surface area contributed by atoms with Crippen molar-refractivity contribution in [3.8, 4) is 11.4 Å². The maximum absolute atomic E-state index is 12.4. The van der Waals surface area contributed by atoms with Gasteiger partial charge in [-0.2, -0.15) is 5.10 Å². The molecule has 0 saturated heterocycles. The van der Waals surface area contributed by atoms with Gasteiger partial charge in [0.2, 0.25) is 0 Å². The Morgan fingerprint density at radius 2 is 1.82 bits per heavy atom. The number of hydrogen-bond donors (Lipinski definition) is 1. The fraction of sp³-hybridized carbons (Fsp3) is 0.385. The van der Waals surface area contributed by atoms with Crippen molar-refractivity contribution in [1.29, 1.82) is 0 Å². The van der Waals surface area contributed by atoms with E-state index in [0.29, 0.717) is 17.0 Å². The zero-order valence-corrected chi connectivity index (χ0v) is 21.1. The van der Waals surface area contributed by atoms with Crippen LogP contribution in [-0.2, 0) is 4.79 Å². The molecule has 0 atom stereocenters. The number of amides is 1. The summed E-state index contributed by atoms with van der Waals surface area (Å²) in [5.74, 6) is 1.36. The Hall–Kier alpha value is -2.64. The van der Waals surface area contributed by atoms with Gasteiger partial charge < -0.3 is 0 Å². The number of carbonyl (C=O) groups is 1. The largest absolute Gasteiger partial charge is 0.299 e. The first-order valence-electron chi connectivity index (χ1n) is 11.8. The van der Waals surface area contributed by atoms with Gasteiger partial charge in [-0.05, 0) is 54.2 Å². The van der Waals surface area contributed by atoms with Gasteiger partial charge >= 0.3 is 0 Å². The minimum atomic E-state index is -0.175. The van der Waals surface area contributed by atoms with Gasteiger partial charge in [0.25, 0.3) is 5.91 Å². The van der Waals surface area contributed by atoms with Crippen molar-refractivity contribution in [3.05, 3.63) is 64.7 Å². The van der Waals surface area contributed by atoms with Crippen molar-refractivity contribution >= 4 is 35.5 Å². The molecule has 2 aromatic carbocycles. The van der Waals surface area contributed by atoms with Crippen molar-refractivity contribution in [2.24, 2.45) is 5.10 Å². The highest BCUT2D eigenvalue weighted by atomic mass is 35.5. The molecule has 178 valence electrons. The minimum Gasteiger partial charge on any atom is -0.299 e. The number of aromatic nitrogens is 3. The van der Waals surface area contributed by atoms with Crippen LogP contribution in [0.3, 0.4) is 0 Å². The van der Waals surface area contributed by atoms with Gasteiger partial charge in [0.1, 0.15) is 0 Å². The number of hydrazone groups is 1. The Labute approximate surface area is 210 Å². The van der Waals surface area contributed by atoms with Crippen LogP contribution in [0.15, 0.2) is 58.8 Å². The highest BCUT2D eigenvalue weighted by Gasteiger charge is 2.24. The molecule has 0 unspecified atom stereocenters. The molecule has 4 rings (SSSR count). The highest BCUT2D eigenvalue weighted by Crippen LogP contribution is 2.35. The fourth-order valence-electron chi connectivity index (χ4n) is 4.15. The quantitative estimate of drug-likeness (QED) is 0.221. The van der Waals surface area contributed by atoms with E-state index >= 15 is 0 Å². The van der Waals surface area contributed by atoms with Crippen molar-refractivity contribution in [1.82, 2.24) is 20.2 Å². The lowest BCUT2D eigenvalue weighted by atomic mass is 9.95. The maximum Gasteiger partial charge on any atom is 0.250 e. The molecule has 0 aliphatic heterocycles. The number of hydrogen-bond acceptors (Lipinski definition) is 5. The summed E-state index contributed by atoms with van der Waals surface area (Å²) in [6, 6.07) is 16.2. The lowest BCUT2D eigenvalue weighted by Crippen LogP contribution is -2.20. The molecule has 8 heteroatoms. The normalized spacial score (nSPS) is 14.7. The molecule has 6 nitrogen and oxygen atoms in total. The van der Waals surface area contributed by atoms with E-state index < -0.39 is 0 Å². The Morgan fingerprint density at radius 3 is 2.50 bits per heavy atom. The molecule has 1 aliphatic carbocycles. The predicted octanol–water partition coefficient (Wildman–Crippen LogP) is 6.47. The molecule has 1 N–H and O–H groups in total. The van der Waals surface area contributed by atoms with E-state index in [2.05, 4.69) is 51.3 Å². The van der Waals surface area contributed by atoms with Crippen LogP contribution in [0.2, 0.25) is 5.02 Å². The number of rotatable bonds is 8. The Kier molecular flexibility index (Phi) is 8.40. The van der Waals surface area contributed by atoms with E-state index in [1.807, 2.05) is 36.4 Å². The molecule has 0 bridgehead atoms. The van der Waals surface area contributed by atoms with Crippen LogP contribution in [0, 0.1) is 0 Å². The summed E-state index contributed by atoms with van der Waals surface area (Å²) in [7, 11) is 0. The summed E-state index contributed by atoms with van der Waals surface area (Å²) in [5.41, 5.74) is 5.82. The Morgan fingerprint density at radius 1 is 1.12 bits per heavy atom. The maximum atomic E-state index is 12.4. The van der Waals surface area contributed by atoms with Gasteiger partial charge in [0.05, 0.1) is 12.0 Å². The summed E-state index contributed by atoms with van der Waals surface area (Å²) < 4.78 is 2.21. The van der Waals surface area contributed by atoms with Gasteiger partial charge in [-0.3, -0.25) is 9.36 Å². The average molecular weight is 496 g/mol. The minimum absolute atomic E-state index is 0.175. The molecule has 34 heavy (non-hydrogen) atoms. The summed E-state index contributed by atoms with van der Waals surface area (Å²) >= 11 is 7.47. The van der Waals surface area contributed by atoms with Crippen LogP contribution in [0.25, 0.3) is 11.4 Å². The first-order valence-corrected chi connectivity index (χ1v) is 13.1. The number of benzene rings is 2. The fourth-order valence-corrected chi connectivity index (χ4v) is 5.07. The molecule has 1 amide bonds. The Balaban J connectivity index is 1.41. The van der Waals surface area contributed by atoms with E-state index in [9.17, 15) is 4.79 Å². The second-order valence-electron chi connectivity index (χ2n) is 8.88. The highest BCUT2D eigenvalue weighted by molar-refractivity contribution is 7.99. The molecule has 0 spiro atoms. The standard InChI is InChI=1S/C26H30ClN5OS/c1-18(2)20-10-8-19(9-11-20)16-28-29-24(33)17-34-26-31-30-25(21-12-14-22(27)15-13-21)32(26)23-6-4-3-5-7-23/h8-16,18,23H,3-7,17H2,1-2H3,(H,29,33)/b28-16+. The molecule has 3 aromatic rings. The van der Waals surface area contributed by atoms with Crippen molar-refractivity contribution in [3.63, 3.8) is 0 Å². The van der Waals surface area contributed by atoms with Crippen LogP contribution < -0.4 is 5.43 Å². The molecular formula is C26H30ClN5OS. The van der Waals surface area contributed by atoms with E-state index in [0.717, 1.165) is 34.9 Å². The smallest absolute Gasteiger partial charge is 0.250 e. The number of halogens is 1. The van der Waals surface area contributed by atoms with Gasteiger partial charge in [-0.25, -0.2) is 5.43 Å². The van der Waals surface area contributed by atoms with E-state index in [1.54, 1.807) is 6.21 Å². The first-order chi connectivity index (χ1) is 16.5. The van der Waals surface area contributed by atoms with Crippen molar-refractivity contribution in [2.45, 2.75) is 63.1 Å². The SMILES string of the molecule is CC(C)c1ccc(/C=N/NC(=O)CSc2nnc(-c3ccc(Cl)cc3)n2C2CCCCC2)cc1. The first kappa shape index (κ1) is 24.5. The van der Waals surface area contributed by atoms with Gasteiger partial charge in [-0.1, -0.05) is 80.7 Å². The third kappa shape index (κ3) is 6.27. The van der Waals surface area contributed by atoms with Crippen LogP contribution in [0.5, 0.6) is 0 Å². The lowest BCUT2D eigenvalue weighted by molar-refractivity contribution is -0.118. The van der Waals surface area contributed by atoms with Crippen molar-refractivity contribution < 1.29 is 4.79 Å². The van der Waals surface area contributed by atoms with Gasteiger partial charge in [0.15, 0.2) is 11.0 Å². The van der Waals surface area contributed by atoms with E-state index in [4.69, 9.17) is 11.6 Å². The molecule has 1 aromatic heterocycles. The zero-order chi connectivity index (χ0) is 23.9. The molecule has 1 fully saturated rings. The molecule has 1 aliphatic rings. The molecule has 0 radical (unpaired) electrons. The average Bonchev–Trinajstić information content (AvgIpc) is 3.28. The third-order valence-corrected chi connectivity index (χ3v) is 7.24. The number of carbonyl (C=O) groups excluding carboxylic acids is 1. The molecule has 1 heterocycles. The van der Waals surface area contributed by atoms with E-state index in [-0.39, 0.29) is 11.7 Å². The second-order valence-corrected chi connectivity index (χ2v) is 10.3. The summed E-state index contributed by atoms with van der Waals surface area (Å²) in [6.07, 6.45) is 7.51. The van der Waals surface area contributed by atoms with Crippen LogP contribution in [0.1, 0.15) is 69.0 Å². The monoisotopic (exact) mass is 495 g/mol. The second kappa shape index (κ2) is 11.7. The topological polar surface area (TPSA) is 72.2 Å².